The standard InChI is InChI=1S/NO3.H3N.Tb/c2-1(3)4;;/h;1H3;/q-1;;/p+1. The summed E-state index contributed by atoms with van der Waals surface area (Å²) >= 11 is 0. The van der Waals surface area contributed by atoms with Crippen LogP contribution < -0.4 is 6.15 Å². The molecular formula is H4N2O3Tb. The van der Waals surface area contributed by atoms with Gasteiger partial charge >= 0.3 is 0 Å². The fourth-order valence-electron chi connectivity index (χ4n) is 0. The Kier molecular flexibility index (Phi) is 24.3. The SMILES string of the molecule is O=[N+]([O-])[O-].[NH4+].[Tb]. The Balaban J connectivity index is -0.0000000450. The summed E-state index contributed by atoms with van der Waals surface area (Å²) in [7, 11) is 0. The fraction of sp³-hybridized carbons (Fsp3) is 0. The zero-order valence-corrected chi connectivity index (χ0v) is 5.14. The molecule has 0 aliphatic rings. The van der Waals surface area contributed by atoms with Gasteiger partial charge in [0.05, 0.1) is 5.09 Å². The van der Waals surface area contributed by atoms with Crippen LogP contribution in [0.15, 0.2) is 0 Å². The molecule has 0 atom stereocenters. The van der Waals surface area contributed by atoms with Crippen molar-refractivity contribution in [2.45, 2.75) is 0 Å². The van der Waals surface area contributed by atoms with Crippen molar-refractivity contribution in [2.24, 2.45) is 0 Å². The maximum atomic E-state index is 8.25. The van der Waals surface area contributed by atoms with Gasteiger partial charge in [-0.05, 0) is 0 Å². The smallest absolute Gasteiger partial charge is 0.0689 e. The average Bonchev–Trinajstić information content (AvgIpc) is 0.811. The van der Waals surface area contributed by atoms with E-state index < -0.39 is 5.09 Å². The molecule has 41 valence electrons. The topological polar surface area (TPSA) is 103 Å². The molecule has 0 amide bonds. The minimum Gasteiger partial charge on any atom is -0.369 e. The molecule has 0 heterocycles. The summed E-state index contributed by atoms with van der Waals surface area (Å²) in [6.45, 7) is 0. The fourth-order valence-corrected chi connectivity index (χ4v) is 0. The first-order valence-electron chi connectivity index (χ1n) is 0.548. The molecule has 6 heavy (non-hydrogen) atoms. The van der Waals surface area contributed by atoms with E-state index in [1.807, 2.05) is 0 Å². The van der Waals surface area contributed by atoms with E-state index in [1.165, 1.54) is 0 Å². The van der Waals surface area contributed by atoms with Crippen molar-refractivity contribution in [1.29, 1.82) is 0 Å². The molecule has 0 spiro atoms. The maximum absolute atomic E-state index is 8.25. The molecular weight excluding hydrogens is 235 g/mol. The van der Waals surface area contributed by atoms with Gasteiger partial charge in [-0.1, -0.05) is 0 Å². The molecule has 0 saturated heterocycles. The largest absolute Gasteiger partial charge is 0.369 e. The van der Waals surface area contributed by atoms with Crippen LogP contribution in [0.25, 0.3) is 0 Å². The monoisotopic (exact) mass is 239 g/mol. The predicted molar refractivity (Wildman–Crippen MR) is 16.3 cm³/mol. The molecule has 0 aliphatic heterocycles. The third-order valence-electron chi connectivity index (χ3n) is 0. The predicted octanol–water partition coefficient (Wildman–Crippen LogP) is 0.137. The van der Waals surface area contributed by atoms with Gasteiger partial charge in [0.2, 0.25) is 0 Å². The van der Waals surface area contributed by atoms with Gasteiger partial charge in [0, 0.05) is 38.6 Å². The maximum Gasteiger partial charge on any atom is 0.0689 e. The Morgan fingerprint density at radius 2 is 1.33 bits per heavy atom. The minimum absolute atomic E-state index is 0. The second kappa shape index (κ2) is 9.07. The summed E-state index contributed by atoms with van der Waals surface area (Å²) < 4.78 is 0. The molecule has 0 aromatic heterocycles. The van der Waals surface area contributed by atoms with Gasteiger partial charge in [0.25, 0.3) is 0 Å². The molecule has 0 saturated carbocycles. The van der Waals surface area contributed by atoms with Crippen LogP contribution in [0.3, 0.4) is 0 Å². The zero-order valence-electron chi connectivity index (χ0n) is 3.01. The molecule has 1 radical (unpaired) electrons. The van der Waals surface area contributed by atoms with E-state index >= 15 is 0 Å². The number of hydrogen-bond donors (Lipinski definition) is 1. The van der Waals surface area contributed by atoms with Crippen LogP contribution in [0.4, 0.5) is 0 Å². The third kappa shape index (κ3) is 266. The van der Waals surface area contributed by atoms with Crippen LogP contribution in [0, 0.1) is 53.9 Å². The molecule has 0 fully saturated rings. The summed E-state index contributed by atoms with van der Waals surface area (Å²) in [6, 6.07) is 0. The van der Waals surface area contributed by atoms with Gasteiger partial charge in [-0.15, -0.1) is 0 Å². The number of hydrogen-bond acceptors (Lipinski definition) is 3. The van der Waals surface area contributed by atoms with Gasteiger partial charge < -0.3 is 21.5 Å². The van der Waals surface area contributed by atoms with Crippen molar-refractivity contribution in [3.05, 3.63) is 15.3 Å². The van der Waals surface area contributed by atoms with E-state index in [-0.39, 0.29) is 44.8 Å². The van der Waals surface area contributed by atoms with Crippen LogP contribution in [-0.4, -0.2) is 5.09 Å². The summed E-state index contributed by atoms with van der Waals surface area (Å²) in [4.78, 5) is 8.25. The van der Waals surface area contributed by atoms with Gasteiger partial charge in [-0.3, -0.25) is 0 Å². The van der Waals surface area contributed by atoms with Gasteiger partial charge in [-0.25, -0.2) is 0 Å². The Morgan fingerprint density at radius 3 is 1.33 bits per heavy atom. The van der Waals surface area contributed by atoms with Crippen LogP contribution in [0.2, 0.25) is 0 Å². The zero-order chi connectivity index (χ0) is 3.58. The molecule has 0 aromatic carbocycles. The number of rotatable bonds is 0. The van der Waals surface area contributed by atoms with E-state index in [2.05, 4.69) is 0 Å². The Hall–Kier alpha value is 0.446. The van der Waals surface area contributed by atoms with Crippen LogP contribution >= 0.6 is 0 Å². The van der Waals surface area contributed by atoms with E-state index in [0.717, 1.165) is 0 Å². The van der Waals surface area contributed by atoms with Crippen molar-refractivity contribution in [2.75, 3.05) is 0 Å². The molecule has 4 N–H and O–H groups in total. The Bertz CT molecular complexity index is 31.8. The number of nitrogens with zero attached hydrogens (tertiary/aromatic N) is 1. The molecule has 0 aliphatic carbocycles. The second-order valence-electron chi connectivity index (χ2n) is 0.224. The minimum atomic E-state index is -1.75. The third-order valence-corrected chi connectivity index (χ3v) is 0. The van der Waals surface area contributed by atoms with Gasteiger partial charge in [-0.2, -0.15) is 0 Å². The van der Waals surface area contributed by atoms with Crippen LogP contribution in [0.1, 0.15) is 0 Å². The van der Waals surface area contributed by atoms with Crippen molar-refractivity contribution >= 4 is 0 Å². The van der Waals surface area contributed by atoms with Gasteiger partial charge in [0.15, 0.2) is 0 Å². The molecule has 0 aromatic rings. The second-order valence-corrected chi connectivity index (χ2v) is 0.224. The first-order chi connectivity index (χ1) is 1.73. The van der Waals surface area contributed by atoms with Gasteiger partial charge in [0.1, 0.15) is 0 Å². The summed E-state index contributed by atoms with van der Waals surface area (Å²) in [5.41, 5.74) is 0. The van der Waals surface area contributed by atoms with Crippen LogP contribution in [0.5, 0.6) is 0 Å². The van der Waals surface area contributed by atoms with E-state index in [0.29, 0.717) is 0 Å². The Labute approximate surface area is 64.8 Å². The molecule has 0 unspecified atom stereocenters. The van der Waals surface area contributed by atoms with Crippen molar-refractivity contribution in [3.8, 4) is 0 Å². The molecule has 6 heteroatoms. The van der Waals surface area contributed by atoms with Crippen molar-refractivity contribution < 1.29 is 43.7 Å². The first kappa shape index (κ1) is 16.1. The van der Waals surface area contributed by atoms with Crippen molar-refractivity contribution in [3.63, 3.8) is 0 Å². The quantitative estimate of drug-likeness (QED) is 0.480. The van der Waals surface area contributed by atoms with Crippen molar-refractivity contribution in [1.82, 2.24) is 6.15 Å². The molecule has 0 rings (SSSR count). The van der Waals surface area contributed by atoms with Crippen LogP contribution in [-0.2, 0) is 0 Å². The first-order valence-corrected chi connectivity index (χ1v) is 0.548. The van der Waals surface area contributed by atoms with E-state index in [4.69, 9.17) is 15.3 Å². The molecule has 5 nitrogen and oxygen atoms in total. The van der Waals surface area contributed by atoms with E-state index in [1.54, 1.807) is 0 Å². The Morgan fingerprint density at radius 1 is 1.33 bits per heavy atom. The summed E-state index contributed by atoms with van der Waals surface area (Å²) in [5.74, 6) is 0. The number of quaternary nitrogens is 1. The molecule has 0 bridgehead atoms. The normalized spacial score (nSPS) is 4.00. The van der Waals surface area contributed by atoms with E-state index in [9.17, 15) is 0 Å². The summed E-state index contributed by atoms with van der Waals surface area (Å²) in [5, 5.41) is 14.8. The average molecular weight is 239 g/mol. The summed E-state index contributed by atoms with van der Waals surface area (Å²) in [6.07, 6.45) is 0.